The molecule has 0 aliphatic carbocycles. The molecule has 2 heterocycles. The average Bonchev–Trinajstić information content (AvgIpc) is 2.91. The lowest BCUT2D eigenvalue weighted by molar-refractivity contribution is 0.0748. The molecule has 0 saturated carbocycles. The van der Waals surface area contributed by atoms with Crippen LogP contribution in [-0.2, 0) is 0 Å². The van der Waals surface area contributed by atoms with E-state index in [2.05, 4.69) is 10.3 Å². The average molecular weight is 251 g/mol. The Hall–Kier alpha value is -1.23. The molecule has 0 spiro atoms. The molecule has 1 saturated heterocycles. The highest BCUT2D eigenvalue weighted by Gasteiger charge is 2.24. The zero-order valence-corrected chi connectivity index (χ0v) is 11.0. The number of thioether (sulfide) groups is 1. The summed E-state index contributed by atoms with van der Waals surface area (Å²) >= 11 is 1.91. The minimum atomic E-state index is 0.0800. The highest BCUT2D eigenvalue weighted by atomic mass is 32.2. The second-order valence-corrected chi connectivity index (χ2v) is 5.26. The molecule has 1 N–H and O–H groups in total. The monoisotopic (exact) mass is 251 g/mol. The van der Waals surface area contributed by atoms with Crippen molar-refractivity contribution in [2.24, 2.45) is 0 Å². The van der Waals surface area contributed by atoms with Crippen molar-refractivity contribution in [3.05, 3.63) is 23.9 Å². The number of hydrogen-bond donors (Lipinski definition) is 1. The van der Waals surface area contributed by atoms with Crippen molar-refractivity contribution >= 4 is 23.5 Å². The van der Waals surface area contributed by atoms with Crippen LogP contribution in [0.1, 0.15) is 16.8 Å². The number of pyridine rings is 1. The van der Waals surface area contributed by atoms with E-state index in [-0.39, 0.29) is 5.91 Å². The van der Waals surface area contributed by atoms with E-state index in [1.807, 2.05) is 23.7 Å². The summed E-state index contributed by atoms with van der Waals surface area (Å²) in [6.07, 6.45) is 2.76. The van der Waals surface area contributed by atoms with E-state index in [0.29, 0.717) is 11.6 Å². The first kappa shape index (κ1) is 12.2. The molecule has 1 atom stereocenters. The van der Waals surface area contributed by atoms with Crippen LogP contribution in [0.15, 0.2) is 18.3 Å². The van der Waals surface area contributed by atoms with Crippen molar-refractivity contribution in [3.8, 4) is 0 Å². The molecule has 92 valence electrons. The second kappa shape index (κ2) is 5.40. The van der Waals surface area contributed by atoms with Gasteiger partial charge in [-0.3, -0.25) is 4.79 Å². The number of carbonyl (C=O) groups is 1. The quantitative estimate of drug-likeness (QED) is 0.888. The number of rotatable bonds is 3. The Morgan fingerprint density at radius 1 is 1.65 bits per heavy atom. The fourth-order valence-corrected chi connectivity index (χ4v) is 3.17. The lowest BCUT2D eigenvalue weighted by Gasteiger charge is -2.23. The van der Waals surface area contributed by atoms with Crippen LogP contribution in [0.4, 0.5) is 5.82 Å². The molecule has 0 radical (unpaired) electrons. The lowest BCUT2D eigenvalue weighted by atomic mass is 10.2. The van der Waals surface area contributed by atoms with Gasteiger partial charge in [-0.25, -0.2) is 4.98 Å². The number of anilines is 1. The van der Waals surface area contributed by atoms with Crippen LogP contribution in [0, 0.1) is 0 Å². The van der Waals surface area contributed by atoms with Crippen molar-refractivity contribution in [1.82, 2.24) is 9.88 Å². The fourth-order valence-electron chi connectivity index (χ4n) is 1.90. The largest absolute Gasteiger partial charge is 0.373 e. The Bertz CT molecular complexity index is 404. The molecule has 0 bridgehead atoms. The van der Waals surface area contributed by atoms with Gasteiger partial charge in [0.25, 0.3) is 5.91 Å². The van der Waals surface area contributed by atoms with E-state index in [4.69, 9.17) is 0 Å². The highest BCUT2D eigenvalue weighted by Crippen LogP contribution is 2.22. The molecular formula is C12H17N3OS. The second-order valence-electron chi connectivity index (χ2n) is 4.11. The van der Waals surface area contributed by atoms with E-state index in [0.717, 1.165) is 23.7 Å². The van der Waals surface area contributed by atoms with Gasteiger partial charge in [0.05, 0.1) is 0 Å². The van der Waals surface area contributed by atoms with E-state index >= 15 is 0 Å². The van der Waals surface area contributed by atoms with E-state index < -0.39 is 0 Å². The number of nitrogens with zero attached hydrogens (tertiary/aromatic N) is 2. The zero-order valence-electron chi connectivity index (χ0n) is 10.1. The molecule has 1 aliphatic heterocycles. The molecule has 17 heavy (non-hydrogen) atoms. The summed E-state index contributed by atoms with van der Waals surface area (Å²) < 4.78 is 0. The molecule has 1 unspecified atom stereocenters. The van der Waals surface area contributed by atoms with Crippen LogP contribution in [0.5, 0.6) is 0 Å². The minimum Gasteiger partial charge on any atom is -0.373 e. The van der Waals surface area contributed by atoms with Crippen LogP contribution in [-0.4, -0.2) is 47.4 Å². The molecule has 1 aromatic heterocycles. The van der Waals surface area contributed by atoms with Crippen LogP contribution < -0.4 is 5.32 Å². The predicted octanol–water partition coefficient (Wildman–Crippen LogP) is 1.70. The van der Waals surface area contributed by atoms with Crippen molar-refractivity contribution in [2.45, 2.75) is 12.5 Å². The van der Waals surface area contributed by atoms with Crippen molar-refractivity contribution in [1.29, 1.82) is 0 Å². The predicted molar refractivity (Wildman–Crippen MR) is 71.6 cm³/mol. The molecule has 2 rings (SSSR count). The summed E-state index contributed by atoms with van der Waals surface area (Å²) in [5, 5.41) is 2.94. The zero-order chi connectivity index (χ0) is 12.3. The third-order valence-electron chi connectivity index (χ3n) is 3.04. The van der Waals surface area contributed by atoms with Crippen molar-refractivity contribution < 1.29 is 4.79 Å². The normalized spacial score (nSPS) is 19.1. The van der Waals surface area contributed by atoms with Gasteiger partial charge in [-0.05, 0) is 24.3 Å². The highest BCUT2D eigenvalue weighted by molar-refractivity contribution is 7.99. The van der Waals surface area contributed by atoms with Gasteiger partial charge in [0.1, 0.15) is 5.82 Å². The van der Waals surface area contributed by atoms with Crippen molar-refractivity contribution in [2.75, 3.05) is 30.9 Å². The number of carbonyl (C=O) groups excluding carboxylic acids is 1. The Morgan fingerprint density at radius 3 is 3.12 bits per heavy atom. The van der Waals surface area contributed by atoms with Crippen LogP contribution in [0.2, 0.25) is 0 Å². The van der Waals surface area contributed by atoms with Gasteiger partial charge in [-0.2, -0.15) is 11.8 Å². The number of hydrogen-bond acceptors (Lipinski definition) is 4. The van der Waals surface area contributed by atoms with E-state index in [1.54, 1.807) is 25.4 Å². The maximum absolute atomic E-state index is 12.3. The van der Waals surface area contributed by atoms with E-state index in [9.17, 15) is 4.79 Å². The molecule has 5 heteroatoms. The Labute approximate surface area is 106 Å². The van der Waals surface area contributed by atoms with E-state index in [1.165, 1.54) is 0 Å². The first-order valence-corrected chi connectivity index (χ1v) is 6.86. The first-order chi connectivity index (χ1) is 8.22. The molecule has 1 fully saturated rings. The van der Waals surface area contributed by atoms with Gasteiger partial charge in [-0.15, -0.1) is 0 Å². The summed E-state index contributed by atoms with van der Waals surface area (Å²) in [6.45, 7) is 0. The molecule has 4 nitrogen and oxygen atoms in total. The van der Waals surface area contributed by atoms with Gasteiger partial charge >= 0.3 is 0 Å². The third-order valence-corrected chi connectivity index (χ3v) is 4.18. The fraction of sp³-hybridized carbons (Fsp3) is 0.500. The molecule has 1 aliphatic rings. The SMILES string of the molecule is CNc1cc(C(=O)N(C)C2CCSC2)ccn1. The third kappa shape index (κ3) is 2.72. The number of nitrogens with one attached hydrogen (secondary N) is 1. The summed E-state index contributed by atoms with van der Waals surface area (Å²) in [6, 6.07) is 3.93. The first-order valence-electron chi connectivity index (χ1n) is 5.71. The minimum absolute atomic E-state index is 0.0800. The maximum Gasteiger partial charge on any atom is 0.254 e. The van der Waals surface area contributed by atoms with Gasteiger partial charge in [-0.1, -0.05) is 0 Å². The van der Waals surface area contributed by atoms with Crippen LogP contribution in [0.3, 0.4) is 0 Å². The Morgan fingerprint density at radius 2 is 2.47 bits per heavy atom. The number of amides is 1. The summed E-state index contributed by atoms with van der Waals surface area (Å²) in [5.74, 6) is 3.01. The summed E-state index contributed by atoms with van der Waals surface area (Å²) in [7, 11) is 3.69. The molecular weight excluding hydrogens is 234 g/mol. The summed E-state index contributed by atoms with van der Waals surface area (Å²) in [4.78, 5) is 18.2. The standard InChI is InChI=1S/C12H17N3OS/c1-13-11-7-9(3-5-14-11)12(16)15(2)10-4-6-17-8-10/h3,5,7,10H,4,6,8H2,1-2H3,(H,13,14). The molecule has 0 aromatic carbocycles. The smallest absolute Gasteiger partial charge is 0.254 e. The van der Waals surface area contributed by atoms with Crippen molar-refractivity contribution in [3.63, 3.8) is 0 Å². The molecule has 1 amide bonds. The number of aromatic nitrogens is 1. The summed E-state index contributed by atoms with van der Waals surface area (Å²) in [5.41, 5.74) is 0.698. The topological polar surface area (TPSA) is 45.2 Å². The van der Waals surface area contributed by atoms with Crippen LogP contribution in [0.25, 0.3) is 0 Å². The van der Waals surface area contributed by atoms with Gasteiger partial charge in [0.2, 0.25) is 0 Å². The molecule has 1 aromatic rings. The Balaban J connectivity index is 2.12. The van der Waals surface area contributed by atoms with Gasteiger partial charge in [0.15, 0.2) is 0 Å². The Kier molecular flexibility index (Phi) is 3.89. The maximum atomic E-state index is 12.3. The lowest BCUT2D eigenvalue weighted by Crippen LogP contribution is -2.37. The van der Waals surface area contributed by atoms with Gasteiger partial charge in [0, 0.05) is 37.7 Å². The van der Waals surface area contributed by atoms with Crippen LogP contribution >= 0.6 is 11.8 Å². The van der Waals surface area contributed by atoms with Gasteiger partial charge < -0.3 is 10.2 Å².